The molecular weight excluding hydrogens is 464 g/mol. The maximum atomic E-state index is 12.9. The number of aliphatic hydroxyl groups is 1. The van der Waals surface area contributed by atoms with Gasteiger partial charge in [-0.25, -0.2) is 19.4 Å². The standard InChI is InChI=1S/C24H30N8O4/c1-16-21(17-10-25-23(26-11-17)30-13-20(33)14-30)29-32(19-6-4-3-5-7-19)22(16)28-24(34)27-18-12-31(36-15-18)8-9-35-2/h3-7,10-11,18,20,33H,8-9,12-15H2,1-2H3,(H2,27,28,34)/t18-/m1/s1. The van der Waals surface area contributed by atoms with Crippen molar-refractivity contribution in [2.45, 2.75) is 19.1 Å². The fraction of sp³-hybridized carbons (Fsp3) is 0.417. The van der Waals surface area contributed by atoms with Crippen LogP contribution < -0.4 is 15.5 Å². The Bertz CT molecular complexity index is 1180. The van der Waals surface area contributed by atoms with Gasteiger partial charge in [-0.2, -0.15) is 10.2 Å². The van der Waals surface area contributed by atoms with E-state index in [1.54, 1.807) is 29.2 Å². The smallest absolute Gasteiger partial charge is 0.320 e. The molecule has 1 atom stereocenters. The number of hydroxylamine groups is 2. The van der Waals surface area contributed by atoms with Crippen molar-refractivity contribution in [3.8, 4) is 16.9 Å². The summed E-state index contributed by atoms with van der Waals surface area (Å²) in [6, 6.07) is 9.12. The van der Waals surface area contributed by atoms with Crippen molar-refractivity contribution in [1.82, 2.24) is 30.1 Å². The lowest BCUT2D eigenvalue weighted by Gasteiger charge is -2.35. The van der Waals surface area contributed by atoms with E-state index in [1.165, 1.54) is 0 Å². The van der Waals surface area contributed by atoms with E-state index in [1.807, 2.05) is 42.2 Å². The maximum Gasteiger partial charge on any atom is 0.320 e. The Morgan fingerprint density at radius 2 is 1.94 bits per heavy atom. The zero-order chi connectivity index (χ0) is 25.1. The molecule has 2 aliphatic rings. The lowest BCUT2D eigenvalue weighted by Crippen LogP contribution is -2.51. The number of methoxy groups -OCH3 is 1. The van der Waals surface area contributed by atoms with Crippen LogP contribution in [0.4, 0.5) is 16.6 Å². The number of nitrogens with zero attached hydrogens (tertiary/aromatic N) is 6. The number of benzene rings is 1. The first-order valence-electron chi connectivity index (χ1n) is 11.9. The Morgan fingerprint density at radius 1 is 1.19 bits per heavy atom. The third kappa shape index (κ3) is 5.16. The number of β-amino-alcohol motifs (C(OH)–C–C–N with tert-alkyl or cyclic N) is 1. The second kappa shape index (κ2) is 10.6. The summed E-state index contributed by atoms with van der Waals surface area (Å²) in [4.78, 5) is 29.4. The summed E-state index contributed by atoms with van der Waals surface area (Å²) in [6.45, 7) is 5.14. The molecule has 3 aromatic rings. The average molecular weight is 495 g/mol. The first-order chi connectivity index (χ1) is 17.5. The largest absolute Gasteiger partial charge is 0.389 e. The summed E-state index contributed by atoms with van der Waals surface area (Å²) in [5.41, 5.74) is 2.99. The number of carbonyl (C=O) groups is 1. The van der Waals surface area contributed by atoms with Crippen molar-refractivity contribution in [2.75, 3.05) is 56.7 Å². The van der Waals surface area contributed by atoms with E-state index in [0.717, 1.165) is 16.8 Å². The van der Waals surface area contributed by atoms with Gasteiger partial charge in [0, 0.05) is 56.8 Å². The first kappa shape index (κ1) is 24.1. The van der Waals surface area contributed by atoms with Crippen molar-refractivity contribution in [2.24, 2.45) is 0 Å². The summed E-state index contributed by atoms with van der Waals surface area (Å²) in [6.07, 6.45) is 3.10. The molecular formula is C24H30N8O4. The molecule has 2 amide bonds. The summed E-state index contributed by atoms with van der Waals surface area (Å²) in [5.74, 6) is 1.12. The van der Waals surface area contributed by atoms with Gasteiger partial charge in [-0.3, -0.25) is 10.2 Å². The second-order valence-corrected chi connectivity index (χ2v) is 8.87. The second-order valence-electron chi connectivity index (χ2n) is 8.87. The lowest BCUT2D eigenvalue weighted by molar-refractivity contribution is -0.118. The molecule has 12 heteroatoms. The van der Waals surface area contributed by atoms with Gasteiger partial charge in [0.25, 0.3) is 0 Å². The zero-order valence-electron chi connectivity index (χ0n) is 20.3. The predicted molar refractivity (Wildman–Crippen MR) is 133 cm³/mol. The zero-order valence-corrected chi connectivity index (χ0v) is 20.3. The van der Waals surface area contributed by atoms with Gasteiger partial charge in [0.1, 0.15) is 11.5 Å². The summed E-state index contributed by atoms with van der Waals surface area (Å²) in [7, 11) is 1.64. The van der Waals surface area contributed by atoms with Crippen LogP contribution in [0.5, 0.6) is 0 Å². The minimum Gasteiger partial charge on any atom is -0.389 e. The van der Waals surface area contributed by atoms with Crippen molar-refractivity contribution in [3.63, 3.8) is 0 Å². The molecule has 190 valence electrons. The normalized spacial score (nSPS) is 18.3. The van der Waals surface area contributed by atoms with E-state index >= 15 is 0 Å². The number of aliphatic hydroxyl groups excluding tert-OH is 1. The average Bonchev–Trinajstić information content (AvgIpc) is 3.45. The highest BCUT2D eigenvalue weighted by Gasteiger charge is 2.28. The number of anilines is 2. The third-order valence-corrected chi connectivity index (χ3v) is 6.17. The topological polar surface area (TPSA) is 130 Å². The molecule has 1 aromatic carbocycles. The van der Waals surface area contributed by atoms with Gasteiger partial charge in [0.05, 0.1) is 31.0 Å². The van der Waals surface area contributed by atoms with Crippen molar-refractivity contribution in [1.29, 1.82) is 0 Å². The maximum absolute atomic E-state index is 12.9. The molecule has 36 heavy (non-hydrogen) atoms. The Balaban J connectivity index is 1.35. The van der Waals surface area contributed by atoms with Crippen LogP contribution in [-0.4, -0.2) is 94.6 Å². The molecule has 2 saturated heterocycles. The van der Waals surface area contributed by atoms with E-state index in [4.69, 9.17) is 14.7 Å². The Hall–Kier alpha value is -3.58. The molecule has 0 aliphatic carbocycles. The van der Waals surface area contributed by atoms with Gasteiger partial charge in [0.2, 0.25) is 5.95 Å². The molecule has 0 unspecified atom stereocenters. The first-order valence-corrected chi connectivity index (χ1v) is 11.9. The van der Waals surface area contributed by atoms with Crippen LogP contribution in [0.1, 0.15) is 5.56 Å². The number of ether oxygens (including phenoxy) is 1. The van der Waals surface area contributed by atoms with E-state index in [2.05, 4.69) is 20.6 Å². The van der Waals surface area contributed by atoms with Crippen LogP contribution in [0.3, 0.4) is 0 Å². The van der Waals surface area contributed by atoms with Gasteiger partial charge in [-0.15, -0.1) is 0 Å². The molecule has 3 N–H and O–H groups in total. The lowest BCUT2D eigenvalue weighted by atomic mass is 10.1. The van der Waals surface area contributed by atoms with Gasteiger partial charge < -0.3 is 20.1 Å². The molecule has 12 nitrogen and oxygen atoms in total. The Kier molecular flexibility index (Phi) is 7.09. The molecule has 4 heterocycles. The van der Waals surface area contributed by atoms with Crippen molar-refractivity contribution < 1.29 is 19.5 Å². The van der Waals surface area contributed by atoms with Crippen LogP contribution in [0.2, 0.25) is 0 Å². The Labute approximate surface area is 208 Å². The van der Waals surface area contributed by atoms with Crippen molar-refractivity contribution in [3.05, 3.63) is 48.3 Å². The monoisotopic (exact) mass is 494 g/mol. The van der Waals surface area contributed by atoms with E-state index in [9.17, 15) is 9.90 Å². The van der Waals surface area contributed by atoms with Crippen LogP contribution in [0, 0.1) is 6.92 Å². The number of aromatic nitrogens is 4. The molecule has 2 aliphatic heterocycles. The third-order valence-electron chi connectivity index (χ3n) is 6.17. The number of nitrogens with one attached hydrogen (secondary N) is 2. The summed E-state index contributed by atoms with van der Waals surface area (Å²) in [5, 5.41) is 22.1. The molecule has 0 bridgehead atoms. The number of hydrogen-bond acceptors (Lipinski definition) is 9. The molecule has 2 fully saturated rings. The number of para-hydroxylation sites is 1. The van der Waals surface area contributed by atoms with Gasteiger partial charge in [-0.05, 0) is 19.1 Å². The van der Waals surface area contributed by atoms with Crippen LogP contribution in [-0.2, 0) is 9.57 Å². The molecule has 5 rings (SSSR count). The summed E-state index contributed by atoms with van der Waals surface area (Å²) >= 11 is 0. The quantitative estimate of drug-likeness (QED) is 0.423. The molecule has 0 spiro atoms. The van der Waals surface area contributed by atoms with E-state index < -0.39 is 0 Å². The fourth-order valence-corrected chi connectivity index (χ4v) is 4.21. The SMILES string of the molecule is COCCN1C[C@@H](NC(=O)Nc2c(C)c(-c3cnc(N4CC(O)C4)nc3)nn2-c2ccccc2)CO1. The number of carbonyl (C=O) groups excluding carboxylic acids is 1. The minimum atomic E-state index is -0.341. The summed E-state index contributed by atoms with van der Waals surface area (Å²) < 4.78 is 6.79. The highest BCUT2D eigenvalue weighted by atomic mass is 16.7. The van der Waals surface area contributed by atoms with E-state index in [-0.39, 0.29) is 18.2 Å². The molecule has 0 radical (unpaired) electrons. The van der Waals surface area contributed by atoms with Crippen molar-refractivity contribution >= 4 is 17.8 Å². The number of amides is 2. The molecule has 0 saturated carbocycles. The van der Waals surface area contributed by atoms with Crippen LogP contribution in [0.15, 0.2) is 42.7 Å². The molecule has 2 aromatic heterocycles. The highest BCUT2D eigenvalue weighted by molar-refractivity contribution is 5.91. The van der Waals surface area contributed by atoms with E-state index in [0.29, 0.717) is 56.9 Å². The fourth-order valence-electron chi connectivity index (χ4n) is 4.21. The van der Waals surface area contributed by atoms with Crippen LogP contribution >= 0.6 is 0 Å². The number of urea groups is 1. The van der Waals surface area contributed by atoms with Gasteiger partial charge in [-0.1, -0.05) is 18.2 Å². The predicted octanol–water partition coefficient (Wildman–Crippen LogP) is 1.20. The minimum absolute atomic E-state index is 0.143. The van der Waals surface area contributed by atoms with Gasteiger partial charge in [0.15, 0.2) is 0 Å². The number of rotatable bonds is 8. The number of hydrogen-bond donors (Lipinski definition) is 3. The van der Waals surface area contributed by atoms with Gasteiger partial charge >= 0.3 is 6.03 Å². The van der Waals surface area contributed by atoms with Crippen LogP contribution in [0.25, 0.3) is 16.9 Å². The Morgan fingerprint density at radius 3 is 2.64 bits per heavy atom. The highest BCUT2D eigenvalue weighted by Crippen LogP contribution is 2.30.